The molecule has 1 aromatic rings. The molecular formula is C16H22N2O. The van der Waals surface area contributed by atoms with Crippen molar-refractivity contribution in [2.75, 3.05) is 6.54 Å². The highest BCUT2D eigenvalue weighted by Crippen LogP contribution is 2.47. The first kappa shape index (κ1) is 12.7. The molecule has 2 aliphatic rings. The van der Waals surface area contributed by atoms with Gasteiger partial charge in [-0.15, -0.1) is 0 Å². The molecule has 0 spiro atoms. The summed E-state index contributed by atoms with van der Waals surface area (Å²) in [5, 5.41) is 8.63. The van der Waals surface area contributed by atoms with E-state index in [1.807, 2.05) is 0 Å². The topological polar surface area (TPSA) is 40.2 Å². The molecule has 19 heavy (non-hydrogen) atoms. The Morgan fingerprint density at radius 3 is 2.84 bits per heavy atom. The highest BCUT2D eigenvalue weighted by Gasteiger charge is 2.37. The summed E-state index contributed by atoms with van der Waals surface area (Å²) in [5.74, 6) is 3.74. The summed E-state index contributed by atoms with van der Waals surface area (Å²) in [6.45, 7) is 4.22. The van der Waals surface area contributed by atoms with E-state index in [0.717, 1.165) is 37.2 Å². The molecule has 0 N–H and O–H groups in total. The van der Waals surface area contributed by atoms with Crippen LogP contribution in [0.25, 0.3) is 0 Å². The molecule has 0 aliphatic heterocycles. The number of nitrogens with zero attached hydrogens (tertiary/aromatic N) is 2. The predicted molar refractivity (Wildman–Crippen MR) is 73.5 cm³/mol. The van der Waals surface area contributed by atoms with Crippen molar-refractivity contribution >= 4 is 0 Å². The fraction of sp³-hybridized carbons (Fsp3) is 0.688. The van der Waals surface area contributed by atoms with Gasteiger partial charge in [0.2, 0.25) is 0 Å². The average Bonchev–Trinajstić information content (AvgIpc) is 3.31. The molecule has 2 fully saturated rings. The Hall–Kier alpha value is -1.27. The van der Waals surface area contributed by atoms with E-state index in [2.05, 4.69) is 30.0 Å². The van der Waals surface area contributed by atoms with Gasteiger partial charge in [0.05, 0.1) is 12.6 Å². The van der Waals surface area contributed by atoms with Crippen LogP contribution in [0.3, 0.4) is 0 Å². The van der Waals surface area contributed by atoms with Crippen LogP contribution in [-0.2, 0) is 6.54 Å². The lowest BCUT2D eigenvalue weighted by atomic mass is 10.2. The minimum absolute atomic E-state index is 0.659. The third kappa shape index (κ3) is 3.19. The van der Waals surface area contributed by atoms with Crippen LogP contribution in [0.15, 0.2) is 16.5 Å². The van der Waals surface area contributed by atoms with Gasteiger partial charge >= 0.3 is 0 Å². The lowest BCUT2D eigenvalue weighted by Crippen LogP contribution is -2.26. The van der Waals surface area contributed by atoms with E-state index in [1.165, 1.54) is 25.0 Å². The van der Waals surface area contributed by atoms with E-state index in [-0.39, 0.29) is 0 Å². The summed E-state index contributed by atoms with van der Waals surface area (Å²) in [4.78, 5) is 2.48. The lowest BCUT2D eigenvalue weighted by molar-refractivity contribution is 0.229. The number of hydrogen-bond donors (Lipinski definition) is 0. The Bertz CT molecular complexity index is 469. The van der Waals surface area contributed by atoms with Crippen LogP contribution in [0.5, 0.6) is 0 Å². The first-order valence-corrected chi connectivity index (χ1v) is 7.47. The van der Waals surface area contributed by atoms with Gasteiger partial charge in [0, 0.05) is 18.4 Å². The summed E-state index contributed by atoms with van der Waals surface area (Å²) in [7, 11) is 0. The van der Waals surface area contributed by atoms with Crippen molar-refractivity contribution in [1.29, 1.82) is 5.26 Å². The molecule has 1 aromatic heterocycles. The molecule has 3 nitrogen and oxygen atoms in total. The smallest absolute Gasteiger partial charge is 0.118 e. The Morgan fingerprint density at radius 2 is 2.21 bits per heavy atom. The summed E-state index contributed by atoms with van der Waals surface area (Å²) in [6.07, 6.45) is 5.52. The maximum atomic E-state index is 8.63. The van der Waals surface area contributed by atoms with E-state index in [4.69, 9.17) is 9.68 Å². The van der Waals surface area contributed by atoms with Gasteiger partial charge in [0.1, 0.15) is 11.5 Å². The molecule has 2 unspecified atom stereocenters. The van der Waals surface area contributed by atoms with E-state index in [9.17, 15) is 0 Å². The quantitative estimate of drug-likeness (QED) is 0.700. The average molecular weight is 258 g/mol. The molecule has 1 heterocycles. The van der Waals surface area contributed by atoms with Crippen molar-refractivity contribution in [3.63, 3.8) is 0 Å². The van der Waals surface area contributed by atoms with E-state index >= 15 is 0 Å². The van der Waals surface area contributed by atoms with E-state index in [1.54, 1.807) is 0 Å². The molecule has 0 radical (unpaired) electrons. The van der Waals surface area contributed by atoms with Crippen LogP contribution in [-0.4, -0.2) is 17.5 Å². The Labute approximate surface area is 115 Å². The zero-order chi connectivity index (χ0) is 13.2. The maximum absolute atomic E-state index is 8.63. The first-order valence-electron chi connectivity index (χ1n) is 7.47. The minimum Gasteiger partial charge on any atom is -0.464 e. The maximum Gasteiger partial charge on any atom is 0.118 e. The Morgan fingerprint density at radius 1 is 1.42 bits per heavy atom. The molecule has 3 rings (SSSR count). The summed E-state index contributed by atoms with van der Waals surface area (Å²) < 4.78 is 5.99. The van der Waals surface area contributed by atoms with Gasteiger partial charge in [-0.25, -0.2) is 0 Å². The van der Waals surface area contributed by atoms with Crippen molar-refractivity contribution in [2.24, 2.45) is 5.92 Å². The second-order valence-electron chi connectivity index (χ2n) is 6.09. The van der Waals surface area contributed by atoms with Crippen LogP contribution in [0, 0.1) is 17.2 Å². The summed E-state index contributed by atoms with van der Waals surface area (Å²) in [5.41, 5.74) is 0. The molecule has 3 heteroatoms. The SMILES string of the molecule is CC1CC1c1ccc(CN(CCCC#N)C2CC2)o1. The molecule has 0 aromatic carbocycles. The highest BCUT2D eigenvalue weighted by molar-refractivity contribution is 5.17. The Kier molecular flexibility index (Phi) is 3.61. The van der Waals surface area contributed by atoms with Crippen molar-refractivity contribution in [3.8, 4) is 6.07 Å². The van der Waals surface area contributed by atoms with Crippen LogP contribution >= 0.6 is 0 Å². The van der Waals surface area contributed by atoms with Gasteiger partial charge in [0.25, 0.3) is 0 Å². The number of unbranched alkanes of at least 4 members (excludes halogenated alkanes) is 1. The largest absolute Gasteiger partial charge is 0.464 e. The number of nitriles is 1. The molecule has 0 bridgehead atoms. The van der Waals surface area contributed by atoms with Crippen LogP contribution in [0.4, 0.5) is 0 Å². The number of rotatable bonds is 7. The highest BCUT2D eigenvalue weighted by atomic mass is 16.3. The number of furan rings is 1. The van der Waals surface area contributed by atoms with Crippen LogP contribution in [0.1, 0.15) is 56.5 Å². The van der Waals surface area contributed by atoms with Gasteiger partial charge in [-0.05, 0) is 50.3 Å². The molecule has 0 saturated heterocycles. The summed E-state index contributed by atoms with van der Waals surface area (Å²) >= 11 is 0. The Balaban J connectivity index is 1.55. The third-order valence-electron chi connectivity index (χ3n) is 4.31. The van der Waals surface area contributed by atoms with Gasteiger partial charge in [0.15, 0.2) is 0 Å². The molecular weight excluding hydrogens is 236 g/mol. The van der Waals surface area contributed by atoms with Crippen molar-refractivity contribution in [1.82, 2.24) is 4.90 Å². The van der Waals surface area contributed by atoms with Gasteiger partial charge < -0.3 is 4.42 Å². The lowest BCUT2D eigenvalue weighted by Gasteiger charge is -2.19. The second-order valence-corrected chi connectivity index (χ2v) is 6.09. The first-order chi connectivity index (χ1) is 9.28. The van der Waals surface area contributed by atoms with Gasteiger partial charge in [-0.1, -0.05) is 6.92 Å². The third-order valence-corrected chi connectivity index (χ3v) is 4.31. The normalized spacial score (nSPS) is 25.5. The standard InChI is InChI=1S/C16H22N2O/c1-12-10-15(12)16-7-6-14(19-16)11-18(13-4-5-13)9-3-2-8-17/h6-7,12-13,15H,2-5,9-11H2,1H3. The second kappa shape index (κ2) is 5.38. The molecule has 102 valence electrons. The molecule has 2 atom stereocenters. The van der Waals surface area contributed by atoms with Gasteiger partial charge in [-0.2, -0.15) is 5.26 Å². The van der Waals surface area contributed by atoms with E-state index < -0.39 is 0 Å². The van der Waals surface area contributed by atoms with Crippen LogP contribution < -0.4 is 0 Å². The van der Waals surface area contributed by atoms with Crippen LogP contribution in [0.2, 0.25) is 0 Å². The van der Waals surface area contributed by atoms with Crippen molar-refractivity contribution in [2.45, 2.75) is 57.5 Å². The fourth-order valence-corrected chi connectivity index (χ4v) is 2.79. The monoisotopic (exact) mass is 258 g/mol. The fourth-order valence-electron chi connectivity index (χ4n) is 2.79. The van der Waals surface area contributed by atoms with Crippen molar-refractivity contribution in [3.05, 3.63) is 23.7 Å². The molecule has 0 amide bonds. The van der Waals surface area contributed by atoms with Gasteiger partial charge in [-0.3, -0.25) is 4.90 Å². The zero-order valence-electron chi connectivity index (χ0n) is 11.6. The zero-order valence-corrected chi connectivity index (χ0v) is 11.6. The van der Waals surface area contributed by atoms with E-state index in [0.29, 0.717) is 12.3 Å². The molecule has 2 saturated carbocycles. The summed E-state index contributed by atoms with van der Waals surface area (Å²) in [6, 6.07) is 7.25. The molecule has 2 aliphatic carbocycles. The number of hydrogen-bond acceptors (Lipinski definition) is 3. The minimum atomic E-state index is 0.659. The predicted octanol–water partition coefficient (Wildman–Crippen LogP) is 3.67. The van der Waals surface area contributed by atoms with Crippen molar-refractivity contribution < 1.29 is 4.42 Å².